The molecular weight excluding hydrogens is 242 g/mol. The topological polar surface area (TPSA) is 3.24 Å². The van der Waals surface area contributed by atoms with Crippen LogP contribution in [0.25, 0.3) is 0 Å². The van der Waals surface area contributed by atoms with Crippen molar-refractivity contribution in [1.29, 1.82) is 0 Å². The quantitative estimate of drug-likeness (QED) is 0.686. The lowest BCUT2D eigenvalue weighted by molar-refractivity contribution is -0.115. The highest BCUT2D eigenvalue weighted by molar-refractivity contribution is 5.23. The molecule has 0 amide bonds. The number of hydrogen-bond acceptors (Lipinski definition) is 1. The molecule has 4 fully saturated rings. The summed E-state index contributed by atoms with van der Waals surface area (Å²) >= 11 is 0. The van der Waals surface area contributed by atoms with Crippen LogP contribution in [0.2, 0.25) is 0 Å². The second-order valence-corrected chi connectivity index (χ2v) is 9.24. The van der Waals surface area contributed by atoms with Gasteiger partial charge >= 0.3 is 0 Å². The van der Waals surface area contributed by atoms with Crippen molar-refractivity contribution in [2.45, 2.75) is 65.2 Å². The minimum absolute atomic E-state index is 0.758. The Bertz CT molecular complexity index is 385. The molecule has 0 aromatic heterocycles. The SMILES string of the molecule is CCCC(C)CN(C)CC12CC3CC4CC(C1)C2(C4)C3. The van der Waals surface area contributed by atoms with E-state index in [2.05, 4.69) is 25.8 Å². The van der Waals surface area contributed by atoms with E-state index in [1.54, 1.807) is 38.5 Å². The van der Waals surface area contributed by atoms with Crippen molar-refractivity contribution >= 4 is 0 Å². The van der Waals surface area contributed by atoms with Crippen LogP contribution in [0.3, 0.4) is 0 Å². The maximum Gasteiger partial charge on any atom is 0.00407 e. The summed E-state index contributed by atoms with van der Waals surface area (Å²) in [6, 6.07) is 0. The van der Waals surface area contributed by atoms with E-state index in [4.69, 9.17) is 0 Å². The molecule has 6 atom stereocenters. The monoisotopic (exact) mass is 275 g/mol. The van der Waals surface area contributed by atoms with Crippen LogP contribution in [0, 0.1) is 34.5 Å². The lowest BCUT2D eigenvalue weighted by Gasteiger charge is -2.60. The fourth-order valence-electron chi connectivity index (χ4n) is 7.56. The summed E-state index contributed by atoms with van der Waals surface area (Å²) < 4.78 is 0. The van der Waals surface area contributed by atoms with Crippen molar-refractivity contribution < 1.29 is 0 Å². The summed E-state index contributed by atoms with van der Waals surface area (Å²) in [4.78, 5) is 2.71. The Morgan fingerprint density at radius 1 is 1.10 bits per heavy atom. The first-order chi connectivity index (χ1) is 9.57. The van der Waals surface area contributed by atoms with Gasteiger partial charge in [0.25, 0.3) is 0 Å². The van der Waals surface area contributed by atoms with Gasteiger partial charge in [-0.05, 0) is 86.5 Å². The largest absolute Gasteiger partial charge is 0.306 e. The van der Waals surface area contributed by atoms with Gasteiger partial charge in [0.1, 0.15) is 0 Å². The van der Waals surface area contributed by atoms with Gasteiger partial charge in [0.2, 0.25) is 0 Å². The Hall–Kier alpha value is -0.0400. The van der Waals surface area contributed by atoms with E-state index in [0.717, 1.165) is 34.5 Å². The van der Waals surface area contributed by atoms with Crippen LogP contribution < -0.4 is 0 Å². The smallest absolute Gasteiger partial charge is 0.00407 e. The zero-order valence-corrected chi connectivity index (χ0v) is 13.8. The van der Waals surface area contributed by atoms with Gasteiger partial charge in [0.15, 0.2) is 0 Å². The summed E-state index contributed by atoms with van der Waals surface area (Å²) in [6.07, 6.45) is 12.4. The highest BCUT2D eigenvalue weighted by atomic mass is 15.1. The van der Waals surface area contributed by atoms with E-state index in [9.17, 15) is 0 Å². The molecule has 0 aromatic rings. The molecule has 4 saturated carbocycles. The molecule has 1 spiro atoms. The predicted molar refractivity (Wildman–Crippen MR) is 84.6 cm³/mol. The lowest BCUT2D eigenvalue weighted by atomic mass is 9.46. The van der Waals surface area contributed by atoms with Crippen LogP contribution in [0.5, 0.6) is 0 Å². The minimum Gasteiger partial charge on any atom is -0.306 e. The first-order valence-corrected chi connectivity index (χ1v) is 9.25. The molecule has 0 radical (unpaired) electrons. The maximum atomic E-state index is 2.71. The molecule has 4 rings (SSSR count). The van der Waals surface area contributed by atoms with Crippen LogP contribution in [0.4, 0.5) is 0 Å². The van der Waals surface area contributed by atoms with Crippen molar-refractivity contribution in [2.75, 3.05) is 20.1 Å². The third-order valence-electron chi connectivity index (χ3n) is 7.72. The number of fused-ring (bicyclic) bond motifs is 2. The molecule has 1 nitrogen and oxygen atoms in total. The highest BCUT2D eigenvalue weighted by Gasteiger charge is 2.73. The van der Waals surface area contributed by atoms with Crippen molar-refractivity contribution in [1.82, 2.24) is 4.90 Å². The molecule has 4 aliphatic carbocycles. The van der Waals surface area contributed by atoms with E-state index < -0.39 is 0 Å². The summed E-state index contributed by atoms with van der Waals surface area (Å²) in [7, 11) is 2.40. The van der Waals surface area contributed by atoms with E-state index >= 15 is 0 Å². The van der Waals surface area contributed by atoms with Gasteiger partial charge in [-0.2, -0.15) is 0 Å². The highest BCUT2D eigenvalue weighted by Crippen LogP contribution is 2.81. The van der Waals surface area contributed by atoms with Crippen LogP contribution in [0.15, 0.2) is 0 Å². The molecule has 3 bridgehead atoms. The molecule has 0 N–H and O–H groups in total. The third kappa shape index (κ3) is 1.71. The van der Waals surface area contributed by atoms with Crippen molar-refractivity contribution in [2.24, 2.45) is 34.5 Å². The molecule has 4 aliphatic rings. The molecule has 20 heavy (non-hydrogen) atoms. The first kappa shape index (κ1) is 13.6. The Morgan fingerprint density at radius 2 is 1.90 bits per heavy atom. The summed E-state index contributed by atoms with van der Waals surface area (Å²) in [5.41, 5.74) is 1.59. The van der Waals surface area contributed by atoms with Gasteiger partial charge in [-0.3, -0.25) is 0 Å². The standard InChI is InChI=1S/C19H33N/c1-4-5-14(2)12-20(3)13-18-8-16-6-15-7-17(11-18)19(18,9-15)10-16/h14-17H,4-13H2,1-3H3. The van der Waals surface area contributed by atoms with E-state index in [0.29, 0.717) is 0 Å². The second-order valence-electron chi connectivity index (χ2n) is 9.24. The minimum atomic E-state index is 0.758. The molecule has 114 valence electrons. The third-order valence-corrected chi connectivity index (χ3v) is 7.72. The number of nitrogens with zero attached hydrogens (tertiary/aromatic N) is 1. The number of rotatable bonds is 6. The second kappa shape index (κ2) is 4.48. The molecule has 0 saturated heterocycles. The van der Waals surface area contributed by atoms with Gasteiger partial charge in [-0.15, -0.1) is 0 Å². The normalized spacial score (nSPS) is 49.5. The Labute approximate surface area is 125 Å². The van der Waals surface area contributed by atoms with Gasteiger partial charge < -0.3 is 4.90 Å². The molecule has 1 heteroatoms. The summed E-state index contributed by atoms with van der Waals surface area (Å²) in [6.45, 7) is 7.51. The average Bonchev–Trinajstić information content (AvgIpc) is 2.66. The molecule has 0 aliphatic heterocycles. The number of hydrogen-bond donors (Lipinski definition) is 0. The van der Waals surface area contributed by atoms with E-state index in [1.165, 1.54) is 25.9 Å². The first-order valence-electron chi connectivity index (χ1n) is 9.25. The molecule has 0 heterocycles. The summed E-state index contributed by atoms with van der Waals surface area (Å²) in [5, 5.41) is 0. The van der Waals surface area contributed by atoms with Crippen molar-refractivity contribution in [3.63, 3.8) is 0 Å². The zero-order valence-electron chi connectivity index (χ0n) is 13.8. The van der Waals surface area contributed by atoms with Crippen LogP contribution in [-0.2, 0) is 0 Å². The van der Waals surface area contributed by atoms with Crippen LogP contribution in [0.1, 0.15) is 65.2 Å². The van der Waals surface area contributed by atoms with Crippen LogP contribution >= 0.6 is 0 Å². The Morgan fingerprint density at radius 3 is 2.70 bits per heavy atom. The maximum absolute atomic E-state index is 2.71. The predicted octanol–water partition coefficient (Wildman–Crippen LogP) is 4.57. The fourth-order valence-corrected chi connectivity index (χ4v) is 7.56. The summed E-state index contributed by atoms with van der Waals surface area (Å²) in [5.74, 6) is 4.27. The van der Waals surface area contributed by atoms with Gasteiger partial charge in [-0.1, -0.05) is 20.3 Å². The average molecular weight is 275 g/mol. The Kier molecular flexibility index (Phi) is 3.05. The van der Waals surface area contributed by atoms with Crippen LogP contribution in [-0.4, -0.2) is 25.0 Å². The van der Waals surface area contributed by atoms with Gasteiger partial charge in [0.05, 0.1) is 0 Å². The van der Waals surface area contributed by atoms with E-state index in [1.807, 2.05) is 0 Å². The molecular formula is C19H33N. The zero-order chi connectivity index (χ0) is 14.0. The van der Waals surface area contributed by atoms with Gasteiger partial charge in [0, 0.05) is 13.1 Å². The molecule has 0 aromatic carbocycles. The lowest BCUT2D eigenvalue weighted by Crippen LogP contribution is -2.57. The molecule has 6 unspecified atom stereocenters. The van der Waals surface area contributed by atoms with Gasteiger partial charge in [-0.25, -0.2) is 0 Å². The van der Waals surface area contributed by atoms with Crippen molar-refractivity contribution in [3.05, 3.63) is 0 Å². The van der Waals surface area contributed by atoms with E-state index in [-0.39, 0.29) is 0 Å². The fraction of sp³-hybridized carbons (Fsp3) is 1.00. The van der Waals surface area contributed by atoms with Crippen molar-refractivity contribution in [3.8, 4) is 0 Å². The Balaban J connectivity index is 1.44.